The number of rotatable bonds is 4. The van der Waals surface area contributed by atoms with E-state index in [1.165, 1.54) is 11.8 Å². The zero-order valence-electron chi connectivity index (χ0n) is 14.8. The van der Waals surface area contributed by atoms with Crippen LogP contribution in [-0.2, 0) is 10.5 Å². The number of nitrogens with zero attached hydrogens (tertiary/aromatic N) is 1. The molecular formula is C20H14ClF2N3O2S. The Labute approximate surface area is 173 Å². The maximum absolute atomic E-state index is 13.7. The first-order chi connectivity index (χ1) is 13.9. The van der Waals surface area contributed by atoms with E-state index in [0.29, 0.717) is 15.9 Å². The average molecular weight is 434 g/mol. The molecule has 5 nitrogen and oxygen atoms in total. The van der Waals surface area contributed by atoms with Crippen LogP contribution in [0.1, 0.15) is 29.0 Å². The van der Waals surface area contributed by atoms with Gasteiger partial charge in [-0.05, 0) is 29.3 Å². The molecule has 0 bridgehead atoms. The van der Waals surface area contributed by atoms with Gasteiger partial charge in [-0.25, -0.2) is 13.8 Å². The van der Waals surface area contributed by atoms with Crippen molar-refractivity contribution in [2.24, 2.45) is 0 Å². The quantitative estimate of drug-likeness (QED) is 0.470. The van der Waals surface area contributed by atoms with E-state index >= 15 is 0 Å². The topological polar surface area (TPSA) is 74.8 Å². The molecule has 3 aromatic rings. The molecule has 148 valence electrons. The first-order valence-electron chi connectivity index (χ1n) is 8.67. The molecule has 9 heteroatoms. The number of thioether (sulfide) groups is 1. The Balaban J connectivity index is 1.69. The molecule has 0 unspecified atom stereocenters. The van der Waals surface area contributed by atoms with Crippen LogP contribution in [0, 0.1) is 11.6 Å². The van der Waals surface area contributed by atoms with Crippen LogP contribution in [0.2, 0.25) is 5.02 Å². The normalized spacial score (nSPS) is 15.7. The summed E-state index contributed by atoms with van der Waals surface area (Å²) in [4.78, 5) is 31.9. The summed E-state index contributed by atoms with van der Waals surface area (Å²) in [6.07, 6.45) is -0.104. The number of amides is 1. The van der Waals surface area contributed by atoms with Crippen molar-refractivity contribution in [2.75, 3.05) is 5.32 Å². The summed E-state index contributed by atoms with van der Waals surface area (Å²) in [5, 5.41) is 3.49. The molecule has 2 aromatic carbocycles. The standard InChI is InChI=1S/C20H14ClF2N3O2S/c21-15-4-2-1-3-10(15)9-29-20-25-18-17(19(28)26-20)14(8-16(27)24-18)11-5-12(22)7-13(23)6-11/h1-7,14H,8-9H2,(H2,24,25,26,27,28)/t14-/m0/s1. The van der Waals surface area contributed by atoms with Gasteiger partial charge in [-0.2, -0.15) is 0 Å². The van der Waals surface area contributed by atoms with Crippen LogP contribution >= 0.6 is 23.4 Å². The van der Waals surface area contributed by atoms with E-state index in [0.717, 1.165) is 23.8 Å². The first-order valence-corrected chi connectivity index (χ1v) is 10.0. The summed E-state index contributed by atoms with van der Waals surface area (Å²) >= 11 is 7.40. The maximum atomic E-state index is 13.7. The number of nitrogens with one attached hydrogen (secondary N) is 2. The average Bonchev–Trinajstić information content (AvgIpc) is 2.65. The number of halogens is 3. The number of aromatic nitrogens is 2. The van der Waals surface area contributed by atoms with Crippen molar-refractivity contribution < 1.29 is 13.6 Å². The highest BCUT2D eigenvalue weighted by molar-refractivity contribution is 7.98. The molecule has 0 saturated carbocycles. The minimum Gasteiger partial charge on any atom is -0.310 e. The molecule has 29 heavy (non-hydrogen) atoms. The third-order valence-corrected chi connectivity index (χ3v) is 5.83. The van der Waals surface area contributed by atoms with Gasteiger partial charge in [0.15, 0.2) is 5.16 Å². The Morgan fingerprint density at radius 3 is 2.59 bits per heavy atom. The Hall–Kier alpha value is -2.71. The van der Waals surface area contributed by atoms with Gasteiger partial charge in [-0.1, -0.05) is 41.6 Å². The van der Waals surface area contributed by atoms with Gasteiger partial charge in [0.25, 0.3) is 5.56 Å². The molecule has 0 spiro atoms. The fraction of sp³-hybridized carbons (Fsp3) is 0.150. The summed E-state index contributed by atoms with van der Waals surface area (Å²) < 4.78 is 27.3. The summed E-state index contributed by atoms with van der Waals surface area (Å²) in [5.74, 6) is -2.16. The molecule has 1 aliphatic heterocycles. The number of benzene rings is 2. The second-order valence-electron chi connectivity index (χ2n) is 6.52. The lowest BCUT2D eigenvalue weighted by Gasteiger charge is -2.24. The Bertz CT molecular complexity index is 1150. The molecule has 1 aliphatic rings. The van der Waals surface area contributed by atoms with E-state index in [2.05, 4.69) is 15.3 Å². The predicted octanol–water partition coefficient (Wildman–Crippen LogP) is 4.47. The van der Waals surface area contributed by atoms with Gasteiger partial charge in [-0.15, -0.1) is 0 Å². The van der Waals surface area contributed by atoms with Gasteiger partial charge >= 0.3 is 0 Å². The van der Waals surface area contributed by atoms with Gasteiger partial charge < -0.3 is 10.3 Å². The van der Waals surface area contributed by atoms with E-state index in [1.54, 1.807) is 6.07 Å². The number of anilines is 1. The number of carbonyl (C=O) groups excluding carboxylic acids is 1. The minimum atomic E-state index is -0.789. The number of hydrogen-bond acceptors (Lipinski definition) is 4. The molecule has 1 amide bonds. The second-order valence-corrected chi connectivity index (χ2v) is 7.89. The van der Waals surface area contributed by atoms with Crippen molar-refractivity contribution in [3.05, 3.63) is 86.2 Å². The molecule has 1 atom stereocenters. The van der Waals surface area contributed by atoms with E-state index in [9.17, 15) is 18.4 Å². The Morgan fingerprint density at radius 2 is 1.86 bits per heavy atom. The highest BCUT2D eigenvalue weighted by atomic mass is 35.5. The molecular weight excluding hydrogens is 420 g/mol. The van der Waals surface area contributed by atoms with Gasteiger partial charge in [0.1, 0.15) is 17.5 Å². The van der Waals surface area contributed by atoms with Gasteiger partial charge in [0.2, 0.25) is 5.91 Å². The van der Waals surface area contributed by atoms with Crippen LogP contribution < -0.4 is 10.9 Å². The largest absolute Gasteiger partial charge is 0.310 e. The lowest BCUT2D eigenvalue weighted by molar-refractivity contribution is -0.116. The SMILES string of the molecule is O=C1C[C@@H](c2cc(F)cc(F)c2)c2c(nc(SCc3ccccc3Cl)[nH]c2=O)N1. The van der Waals surface area contributed by atoms with E-state index < -0.39 is 23.1 Å². The van der Waals surface area contributed by atoms with Crippen LogP contribution in [0.25, 0.3) is 0 Å². The van der Waals surface area contributed by atoms with Crippen molar-refractivity contribution >= 4 is 35.1 Å². The molecule has 2 N–H and O–H groups in total. The van der Waals surface area contributed by atoms with Crippen molar-refractivity contribution in [1.82, 2.24) is 9.97 Å². The highest BCUT2D eigenvalue weighted by Gasteiger charge is 2.31. The lowest BCUT2D eigenvalue weighted by Crippen LogP contribution is -2.31. The summed E-state index contributed by atoms with van der Waals surface area (Å²) in [6, 6.07) is 10.3. The molecule has 2 heterocycles. The van der Waals surface area contributed by atoms with Gasteiger partial charge in [0.05, 0.1) is 5.56 Å². The Morgan fingerprint density at radius 1 is 1.14 bits per heavy atom. The van der Waals surface area contributed by atoms with Crippen LogP contribution in [0.5, 0.6) is 0 Å². The molecule has 4 rings (SSSR count). The number of aromatic amines is 1. The summed E-state index contributed by atoms with van der Waals surface area (Å²) in [6.45, 7) is 0. The predicted molar refractivity (Wildman–Crippen MR) is 107 cm³/mol. The third-order valence-electron chi connectivity index (χ3n) is 4.54. The number of hydrogen-bond donors (Lipinski definition) is 2. The van der Waals surface area contributed by atoms with Crippen LogP contribution in [0.15, 0.2) is 52.4 Å². The van der Waals surface area contributed by atoms with Crippen LogP contribution in [-0.4, -0.2) is 15.9 Å². The summed E-state index contributed by atoms with van der Waals surface area (Å²) in [5.41, 5.74) is 0.794. The van der Waals surface area contributed by atoms with Gasteiger partial charge in [-0.3, -0.25) is 9.59 Å². The zero-order valence-corrected chi connectivity index (χ0v) is 16.4. The highest BCUT2D eigenvalue weighted by Crippen LogP contribution is 2.35. The number of carbonyl (C=O) groups is 1. The second kappa shape index (κ2) is 7.96. The molecule has 0 fully saturated rings. The van der Waals surface area contributed by atoms with Gasteiger partial charge in [0, 0.05) is 29.2 Å². The third kappa shape index (κ3) is 4.18. The zero-order chi connectivity index (χ0) is 20.5. The first kappa shape index (κ1) is 19.6. The van der Waals surface area contributed by atoms with E-state index in [4.69, 9.17) is 11.6 Å². The van der Waals surface area contributed by atoms with Crippen molar-refractivity contribution in [1.29, 1.82) is 0 Å². The fourth-order valence-electron chi connectivity index (χ4n) is 3.24. The summed E-state index contributed by atoms with van der Waals surface area (Å²) in [7, 11) is 0. The number of H-pyrrole nitrogens is 1. The van der Waals surface area contributed by atoms with Crippen molar-refractivity contribution in [2.45, 2.75) is 23.2 Å². The monoisotopic (exact) mass is 433 g/mol. The maximum Gasteiger partial charge on any atom is 0.257 e. The lowest BCUT2D eigenvalue weighted by atomic mass is 9.87. The molecule has 0 aliphatic carbocycles. The molecule has 1 aromatic heterocycles. The van der Waals surface area contributed by atoms with E-state index in [-0.39, 0.29) is 29.3 Å². The smallest absolute Gasteiger partial charge is 0.257 e. The number of fused-ring (bicyclic) bond motifs is 1. The fourth-order valence-corrected chi connectivity index (χ4v) is 4.39. The van der Waals surface area contributed by atoms with Crippen LogP contribution in [0.4, 0.5) is 14.6 Å². The van der Waals surface area contributed by atoms with Crippen LogP contribution in [0.3, 0.4) is 0 Å². The molecule has 0 radical (unpaired) electrons. The van der Waals surface area contributed by atoms with Crippen molar-refractivity contribution in [3.8, 4) is 0 Å². The molecule has 0 saturated heterocycles. The minimum absolute atomic E-state index is 0.0985. The van der Waals surface area contributed by atoms with E-state index in [1.807, 2.05) is 18.2 Å². The Kier molecular flexibility index (Phi) is 5.38. The van der Waals surface area contributed by atoms with Crippen molar-refractivity contribution in [3.63, 3.8) is 0 Å².